The third kappa shape index (κ3) is 4.42. The maximum atomic E-state index is 12.6. The van der Waals surface area contributed by atoms with Crippen molar-refractivity contribution < 1.29 is 4.79 Å². The number of anilines is 1. The van der Waals surface area contributed by atoms with Crippen LogP contribution in [-0.2, 0) is 11.2 Å². The molecule has 0 spiro atoms. The fourth-order valence-corrected chi connectivity index (χ4v) is 4.61. The number of carbonyl (C=O) groups is 1. The van der Waals surface area contributed by atoms with Crippen molar-refractivity contribution in [2.75, 3.05) is 24.5 Å². The van der Waals surface area contributed by atoms with Crippen LogP contribution in [0.15, 0.2) is 48.5 Å². The molecule has 1 N–H and O–H groups in total. The zero-order valence-corrected chi connectivity index (χ0v) is 16.6. The molecule has 4 rings (SSSR count). The van der Waals surface area contributed by atoms with Crippen molar-refractivity contribution in [1.29, 1.82) is 0 Å². The van der Waals surface area contributed by atoms with Gasteiger partial charge in [-0.25, -0.2) is 4.98 Å². The first-order valence-corrected chi connectivity index (χ1v) is 10.5. The molecule has 1 aliphatic rings. The zero-order valence-electron chi connectivity index (χ0n) is 15.0. The molecule has 140 valence electrons. The van der Waals surface area contributed by atoms with Crippen molar-refractivity contribution in [2.45, 2.75) is 19.3 Å². The maximum Gasteiger partial charge on any atom is 0.224 e. The van der Waals surface area contributed by atoms with Crippen LogP contribution in [0.1, 0.15) is 18.4 Å². The first kappa shape index (κ1) is 18.3. The Kier molecular flexibility index (Phi) is 5.60. The standard InChI is InChI=1S/C21H22ClN3OS/c22-17-9-7-15(8-10-17)11-12-23-20(26)16-4-3-13-25(14-16)21-24-18-5-1-2-6-19(18)27-21/h1-2,5-10,16H,3-4,11-14H2,(H,23,26). The molecule has 1 aromatic heterocycles. The van der Waals surface area contributed by atoms with Gasteiger partial charge in [0.05, 0.1) is 16.1 Å². The minimum atomic E-state index is 0.0241. The number of nitrogens with zero attached hydrogens (tertiary/aromatic N) is 2. The smallest absolute Gasteiger partial charge is 0.224 e. The normalized spacial score (nSPS) is 17.2. The Bertz CT molecular complexity index is 892. The molecule has 2 aromatic carbocycles. The summed E-state index contributed by atoms with van der Waals surface area (Å²) in [4.78, 5) is 19.6. The number of fused-ring (bicyclic) bond motifs is 1. The van der Waals surface area contributed by atoms with Gasteiger partial charge >= 0.3 is 0 Å². The van der Waals surface area contributed by atoms with Crippen LogP contribution in [0.2, 0.25) is 5.02 Å². The van der Waals surface area contributed by atoms with E-state index in [-0.39, 0.29) is 11.8 Å². The van der Waals surface area contributed by atoms with Crippen molar-refractivity contribution in [3.05, 3.63) is 59.1 Å². The number of piperidine rings is 1. The average molecular weight is 400 g/mol. The molecule has 1 amide bonds. The molecule has 1 unspecified atom stereocenters. The van der Waals surface area contributed by atoms with E-state index in [9.17, 15) is 4.79 Å². The number of benzene rings is 2. The topological polar surface area (TPSA) is 45.2 Å². The van der Waals surface area contributed by atoms with Crippen LogP contribution >= 0.6 is 22.9 Å². The van der Waals surface area contributed by atoms with Crippen molar-refractivity contribution in [2.24, 2.45) is 5.92 Å². The summed E-state index contributed by atoms with van der Waals surface area (Å²) in [7, 11) is 0. The summed E-state index contributed by atoms with van der Waals surface area (Å²) in [6, 6.07) is 16.0. The molecular formula is C21H22ClN3OS. The summed E-state index contributed by atoms with van der Waals surface area (Å²) in [6.07, 6.45) is 2.77. The van der Waals surface area contributed by atoms with Gasteiger partial charge in [0.25, 0.3) is 0 Å². The van der Waals surface area contributed by atoms with E-state index in [1.54, 1.807) is 11.3 Å². The second-order valence-electron chi connectivity index (χ2n) is 6.92. The molecule has 0 radical (unpaired) electrons. The lowest BCUT2D eigenvalue weighted by molar-refractivity contribution is -0.125. The molecule has 4 nitrogen and oxygen atoms in total. The van der Waals surface area contributed by atoms with Gasteiger partial charge in [0, 0.05) is 24.7 Å². The van der Waals surface area contributed by atoms with E-state index in [1.807, 2.05) is 42.5 Å². The van der Waals surface area contributed by atoms with Gasteiger partial charge in [-0.1, -0.05) is 47.2 Å². The summed E-state index contributed by atoms with van der Waals surface area (Å²) in [5.74, 6) is 0.172. The molecule has 27 heavy (non-hydrogen) atoms. The Morgan fingerprint density at radius 3 is 2.85 bits per heavy atom. The number of carbonyl (C=O) groups excluding carboxylic acids is 1. The van der Waals surface area contributed by atoms with Crippen LogP contribution in [0.25, 0.3) is 10.2 Å². The largest absolute Gasteiger partial charge is 0.355 e. The molecule has 6 heteroatoms. The Hall–Kier alpha value is -2.11. The summed E-state index contributed by atoms with van der Waals surface area (Å²) < 4.78 is 1.20. The number of thiazole rings is 1. The van der Waals surface area contributed by atoms with Crippen LogP contribution in [0.4, 0.5) is 5.13 Å². The number of hydrogen-bond donors (Lipinski definition) is 1. The predicted molar refractivity (Wildman–Crippen MR) is 113 cm³/mol. The van der Waals surface area contributed by atoms with Gasteiger partial charge in [0.1, 0.15) is 0 Å². The van der Waals surface area contributed by atoms with E-state index in [4.69, 9.17) is 16.6 Å². The second-order valence-corrected chi connectivity index (χ2v) is 8.36. The first-order valence-electron chi connectivity index (χ1n) is 9.32. The highest BCUT2D eigenvalue weighted by molar-refractivity contribution is 7.22. The van der Waals surface area contributed by atoms with Crippen LogP contribution < -0.4 is 10.2 Å². The van der Waals surface area contributed by atoms with E-state index >= 15 is 0 Å². The highest BCUT2D eigenvalue weighted by atomic mass is 35.5. The molecule has 1 saturated heterocycles. The van der Waals surface area contributed by atoms with Gasteiger partial charge in [-0.05, 0) is 49.1 Å². The van der Waals surface area contributed by atoms with Gasteiger partial charge in [0.15, 0.2) is 5.13 Å². The van der Waals surface area contributed by atoms with Crippen LogP contribution in [-0.4, -0.2) is 30.5 Å². The second kappa shape index (κ2) is 8.28. The number of para-hydroxylation sites is 1. The minimum absolute atomic E-state index is 0.0241. The summed E-state index contributed by atoms with van der Waals surface area (Å²) in [6.45, 7) is 2.36. The van der Waals surface area contributed by atoms with E-state index in [2.05, 4.69) is 16.3 Å². The minimum Gasteiger partial charge on any atom is -0.355 e. The number of aromatic nitrogens is 1. The third-order valence-corrected chi connectivity index (χ3v) is 6.32. The average Bonchev–Trinajstić information content (AvgIpc) is 3.14. The molecule has 3 aromatic rings. The Morgan fingerprint density at radius 2 is 2.04 bits per heavy atom. The summed E-state index contributed by atoms with van der Waals surface area (Å²) in [5, 5.41) is 4.86. The van der Waals surface area contributed by atoms with Gasteiger partial charge in [-0.15, -0.1) is 0 Å². The van der Waals surface area contributed by atoms with Crippen molar-refractivity contribution in [3.8, 4) is 0 Å². The van der Waals surface area contributed by atoms with Gasteiger partial charge in [-0.3, -0.25) is 4.79 Å². The van der Waals surface area contributed by atoms with Gasteiger partial charge in [0.2, 0.25) is 5.91 Å². The highest BCUT2D eigenvalue weighted by Gasteiger charge is 2.27. The number of halogens is 1. The molecule has 2 heterocycles. The van der Waals surface area contributed by atoms with Crippen LogP contribution in [0.3, 0.4) is 0 Å². The van der Waals surface area contributed by atoms with E-state index in [0.717, 1.165) is 48.0 Å². The predicted octanol–water partition coefficient (Wildman–Crippen LogP) is 4.53. The molecule has 0 saturated carbocycles. The molecule has 1 aliphatic heterocycles. The van der Waals surface area contributed by atoms with Crippen LogP contribution in [0.5, 0.6) is 0 Å². The molecule has 0 bridgehead atoms. The number of amides is 1. The number of rotatable bonds is 5. The zero-order chi connectivity index (χ0) is 18.6. The Balaban J connectivity index is 1.33. The monoisotopic (exact) mass is 399 g/mol. The van der Waals surface area contributed by atoms with Gasteiger partial charge in [-0.2, -0.15) is 0 Å². The maximum absolute atomic E-state index is 12.6. The van der Waals surface area contributed by atoms with Crippen molar-refractivity contribution in [1.82, 2.24) is 10.3 Å². The first-order chi connectivity index (χ1) is 13.2. The SMILES string of the molecule is O=C(NCCc1ccc(Cl)cc1)C1CCCN(c2nc3ccccc3s2)C1. The molecule has 1 fully saturated rings. The van der Waals surface area contributed by atoms with E-state index in [1.165, 1.54) is 10.3 Å². The summed E-state index contributed by atoms with van der Waals surface area (Å²) >= 11 is 7.62. The Morgan fingerprint density at radius 1 is 1.22 bits per heavy atom. The lowest BCUT2D eigenvalue weighted by Crippen LogP contribution is -2.43. The lowest BCUT2D eigenvalue weighted by atomic mass is 9.97. The Labute approximate surface area is 168 Å². The molecular weight excluding hydrogens is 378 g/mol. The van der Waals surface area contributed by atoms with E-state index < -0.39 is 0 Å². The molecule has 0 aliphatic carbocycles. The highest BCUT2D eigenvalue weighted by Crippen LogP contribution is 2.31. The van der Waals surface area contributed by atoms with Crippen molar-refractivity contribution in [3.63, 3.8) is 0 Å². The quantitative estimate of drug-likeness (QED) is 0.685. The van der Waals surface area contributed by atoms with E-state index in [0.29, 0.717) is 6.54 Å². The van der Waals surface area contributed by atoms with Crippen molar-refractivity contribution >= 4 is 44.2 Å². The molecule has 1 atom stereocenters. The lowest BCUT2D eigenvalue weighted by Gasteiger charge is -2.31. The fraction of sp³-hybridized carbons (Fsp3) is 0.333. The van der Waals surface area contributed by atoms with Gasteiger partial charge < -0.3 is 10.2 Å². The van der Waals surface area contributed by atoms with Crippen LogP contribution in [0, 0.1) is 5.92 Å². The number of hydrogen-bond acceptors (Lipinski definition) is 4. The number of nitrogens with one attached hydrogen (secondary N) is 1. The summed E-state index contributed by atoms with van der Waals surface area (Å²) in [5.41, 5.74) is 2.21. The third-order valence-electron chi connectivity index (χ3n) is 4.97. The fourth-order valence-electron chi connectivity index (χ4n) is 3.49.